The van der Waals surface area contributed by atoms with E-state index in [2.05, 4.69) is 99.8 Å². The summed E-state index contributed by atoms with van der Waals surface area (Å²) in [7, 11) is 0. The molecule has 71 heavy (non-hydrogen) atoms. The monoisotopic (exact) mass is 989 g/mol. The van der Waals surface area contributed by atoms with Gasteiger partial charge in [-0.3, -0.25) is 14.4 Å². The van der Waals surface area contributed by atoms with Crippen molar-refractivity contribution in [3.63, 3.8) is 0 Å². The van der Waals surface area contributed by atoms with Gasteiger partial charge in [-0.2, -0.15) is 0 Å². The van der Waals surface area contributed by atoms with E-state index in [9.17, 15) is 14.4 Å². The second kappa shape index (κ2) is 59.2. The van der Waals surface area contributed by atoms with Gasteiger partial charge in [-0.25, -0.2) is 0 Å². The summed E-state index contributed by atoms with van der Waals surface area (Å²) in [6.07, 6.45) is 77.3. The highest BCUT2D eigenvalue weighted by Gasteiger charge is 2.19. The highest BCUT2D eigenvalue weighted by atomic mass is 16.6. The maximum Gasteiger partial charge on any atom is 0.306 e. The van der Waals surface area contributed by atoms with Gasteiger partial charge in [-0.05, 0) is 109 Å². The van der Waals surface area contributed by atoms with Crippen LogP contribution in [0.3, 0.4) is 0 Å². The fourth-order valence-corrected chi connectivity index (χ4v) is 8.30. The second-order valence-electron chi connectivity index (χ2n) is 19.9. The fraction of sp³-hybridized carbons (Fsp3) is 0.738. The van der Waals surface area contributed by atoms with Crippen molar-refractivity contribution in [1.82, 2.24) is 0 Å². The molecule has 0 aliphatic heterocycles. The van der Waals surface area contributed by atoms with Crippen molar-refractivity contribution in [2.24, 2.45) is 0 Å². The molecule has 6 nitrogen and oxygen atoms in total. The Balaban J connectivity index is 4.48. The Morgan fingerprint density at radius 1 is 0.282 bits per heavy atom. The summed E-state index contributed by atoms with van der Waals surface area (Å²) >= 11 is 0. The minimum absolute atomic E-state index is 0.103. The summed E-state index contributed by atoms with van der Waals surface area (Å²) in [6.45, 7) is 6.55. The average Bonchev–Trinajstić information content (AvgIpc) is 3.37. The summed E-state index contributed by atoms with van der Waals surface area (Å²) in [5.41, 5.74) is 0. The third-order valence-corrected chi connectivity index (χ3v) is 12.9. The molecule has 0 bridgehead atoms. The molecule has 1 atom stereocenters. The molecule has 0 N–H and O–H groups in total. The van der Waals surface area contributed by atoms with E-state index in [0.29, 0.717) is 19.3 Å². The summed E-state index contributed by atoms with van der Waals surface area (Å²) in [5, 5.41) is 0. The lowest BCUT2D eigenvalue weighted by Crippen LogP contribution is -2.30. The number of unbranched alkanes of at least 4 members (excludes halogenated alkanes) is 29. The number of rotatable bonds is 54. The predicted octanol–water partition coefficient (Wildman–Crippen LogP) is 20.3. The van der Waals surface area contributed by atoms with Crippen molar-refractivity contribution < 1.29 is 28.6 Å². The number of esters is 3. The van der Waals surface area contributed by atoms with Gasteiger partial charge < -0.3 is 14.2 Å². The van der Waals surface area contributed by atoms with E-state index >= 15 is 0 Å². The highest BCUT2D eigenvalue weighted by molar-refractivity contribution is 5.71. The number of carbonyl (C=O) groups excluding carboxylic acids is 3. The van der Waals surface area contributed by atoms with Crippen LogP contribution in [0.25, 0.3) is 0 Å². The Labute approximate surface area is 439 Å². The number of hydrogen-bond donors (Lipinski definition) is 0. The van der Waals surface area contributed by atoms with Crippen molar-refractivity contribution >= 4 is 17.9 Å². The molecule has 0 rings (SSSR count). The molecule has 0 spiro atoms. The standard InChI is InChI=1S/C65H112O6/c1-4-7-10-13-16-19-22-25-28-30-32-34-37-39-42-45-48-51-54-57-63(66)69-60-62(71-65(68)59-56-53-50-47-44-41-36-27-24-21-18-15-12-9-6-3)61-70-64(67)58-55-52-49-46-43-40-38-35-33-31-29-26-23-20-17-14-11-8-5-2/h16,19,25-29,32,34,36,39,42,48,51,62H,4-15,17-18,20-24,30-31,33,35,37-38,40-41,43-47,49-50,52-61H2,1-3H3/b19-16-,28-25-,29-26-,34-32-,36-27-,42-39-,51-48-/t62-/m1/s1. The molecule has 408 valence electrons. The van der Waals surface area contributed by atoms with Crippen LogP contribution in [0.2, 0.25) is 0 Å². The van der Waals surface area contributed by atoms with Crippen LogP contribution in [0.15, 0.2) is 85.1 Å². The lowest BCUT2D eigenvalue weighted by atomic mass is 10.1. The molecule has 0 radical (unpaired) electrons. The van der Waals surface area contributed by atoms with Gasteiger partial charge in [0.15, 0.2) is 6.10 Å². The third kappa shape index (κ3) is 57.4. The molecule has 0 aliphatic carbocycles. The minimum atomic E-state index is -0.812. The Hall–Kier alpha value is -3.41. The molecule has 0 aromatic carbocycles. The van der Waals surface area contributed by atoms with E-state index < -0.39 is 6.10 Å². The Morgan fingerprint density at radius 2 is 0.535 bits per heavy atom. The van der Waals surface area contributed by atoms with E-state index in [1.807, 2.05) is 6.08 Å². The predicted molar refractivity (Wildman–Crippen MR) is 307 cm³/mol. The van der Waals surface area contributed by atoms with E-state index in [0.717, 1.165) is 77.0 Å². The molecule has 6 heteroatoms. The molecule has 0 amide bonds. The maximum atomic E-state index is 12.9. The molecule has 0 aromatic heterocycles. The van der Waals surface area contributed by atoms with Crippen LogP contribution in [-0.4, -0.2) is 37.2 Å². The topological polar surface area (TPSA) is 78.9 Å². The molecule has 0 saturated heterocycles. The molecule has 0 heterocycles. The van der Waals surface area contributed by atoms with Gasteiger partial charge >= 0.3 is 17.9 Å². The molecular weight excluding hydrogens is 877 g/mol. The average molecular weight is 990 g/mol. The van der Waals surface area contributed by atoms with Crippen LogP contribution in [0.5, 0.6) is 0 Å². The van der Waals surface area contributed by atoms with Gasteiger partial charge in [-0.1, -0.05) is 247 Å². The van der Waals surface area contributed by atoms with Gasteiger partial charge in [0.1, 0.15) is 13.2 Å². The minimum Gasteiger partial charge on any atom is -0.462 e. The normalized spacial score (nSPS) is 12.7. The number of allylic oxidation sites excluding steroid dienone is 14. The maximum absolute atomic E-state index is 12.9. The van der Waals surface area contributed by atoms with Crippen LogP contribution in [0.4, 0.5) is 0 Å². The first kappa shape index (κ1) is 67.6. The van der Waals surface area contributed by atoms with Crippen molar-refractivity contribution in [3.05, 3.63) is 85.1 Å². The Kier molecular flexibility index (Phi) is 56.3. The SMILES string of the molecule is CCCCC/C=C\C/C=C\C/C=C\C/C=C\C/C=C\CCC(=O)OC[C@H](COC(=O)CCCCCCCCCCC/C=C\CCCCCCCC)OC(=O)CCCCCCC/C=C\CCCCCCCC. The van der Waals surface area contributed by atoms with E-state index in [4.69, 9.17) is 14.2 Å². The number of hydrogen-bond acceptors (Lipinski definition) is 6. The first-order valence-corrected chi connectivity index (χ1v) is 30.1. The molecule has 0 aromatic rings. The second-order valence-corrected chi connectivity index (χ2v) is 19.9. The van der Waals surface area contributed by atoms with Crippen molar-refractivity contribution in [2.75, 3.05) is 13.2 Å². The summed E-state index contributed by atoms with van der Waals surface area (Å²) in [4.78, 5) is 38.2. The van der Waals surface area contributed by atoms with E-state index in [1.54, 1.807) is 0 Å². The number of ether oxygens (including phenoxy) is 3. The van der Waals surface area contributed by atoms with Crippen molar-refractivity contribution in [3.8, 4) is 0 Å². The molecule has 0 aliphatic rings. The first-order valence-electron chi connectivity index (χ1n) is 30.1. The summed E-state index contributed by atoms with van der Waals surface area (Å²) in [5.74, 6) is -0.992. The van der Waals surface area contributed by atoms with Gasteiger partial charge in [0, 0.05) is 19.3 Å². The highest BCUT2D eigenvalue weighted by Crippen LogP contribution is 2.15. The van der Waals surface area contributed by atoms with Gasteiger partial charge in [-0.15, -0.1) is 0 Å². The third-order valence-electron chi connectivity index (χ3n) is 12.9. The van der Waals surface area contributed by atoms with Crippen LogP contribution in [-0.2, 0) is 28.6 Å². The lowest BCUT2D eigenvalue weighted by molar-refractivity contribution is -0.166. The van der Waals surface area contributed by atoms with Crippen LogP contribution in [0, 0.1) is 0 Å². The van der Waals surface area contributed by atoms with Gasteiger partial charge in [0.05, 0.1) is 0 Å². The quantitative estimate of drug-likeness (QED) is 0.0261. The smallest absolute Gasteiger partial charge is 0.306 e. The van der Waals surface area contributed by atoms with Crippen LogP contribution >= 0.6 is 0 Å². The van der Waals surface area contributed by atoms with Crippen LogP contribution < -0.4 is 0 Å². The lowest BCUT2D eigenvalue weighted by Gasteiger charge is -2.18. The zero-order valence-corrected chi connectivity index (χ0v) is 46.7. The van der Waals surface area contributed by atoms with Crippen molar-refractivity contribution in [2.45, 2.75) is 297 Å². The summed E-state index contributed by atoms with van der Waals surface area (Å²) < 4.78 is 16.8. The molecule has 0 unspecified atom stereocenters. The summed E-state index contributed by atoms with van der Waals surface area (Å²) in [6, 6.07) is 0. The van der Waals surface area contributed by atoms with E-state index in [1.165, 1.54) is 167 Å². The fourth-order valence-electron chi connectivity index (χ4n) is 8.30. The van der Waals surface area contributed by atoms with Gasteiger partial charge in [0.25, 0.3) is 0 Å². The van der Waals surface area contributed by atoms with Crippen LogP contribution in [0.1, 0.15) is 290 Å². The van der Waals surface area contributed by atoms with Crippen molar-refractivity contribution in [1.29, 1.82) is 0 Å². The Morgan fingerprint density at radius 3 is 0.915 bits per heavy atom. The zero-order valence-electron chi connectivity index (χ0n) is 46.7. The zero-order chi connectivity index (χ0) is 51.4. The number of carbonyl (C=O) groups is 3. The van der Waals surface area contributed by atoms with Gasteiger partial charge in [0.2, 0.25) is 0 Å². The molecular formula is C65H112O6. The largest absolute Gasteiger partial charge is 0.462 e. The first-order chi connectivity index (χ1) is 35.0. The Bertz CT molecular complexity index is 1370. The molecule has 0 saturated carbocycles. The molecule has 0 fully saturated rings. The van der Waals surface area contributed by atoms with E-state index in [-0.39, 0.29) is 37.5 Å².